The standard InChI is InChI=1S/C20H15F3N2O5/c1-28-16(26)10-19(20(21,22)23)25-14-6-4-3-5-13(14)24-17(25)12-9-11(18(27)29-2)7-8-15(12)30-19/h3-9H,10H2,1-2H3/t19-/m1/s1. The fourth-order valence-electron chi connectivity index (χ4n) is 3.51. The van der Waals surface area contributed by atoms with Gasteiger partial charge in [0.25, 0.3) is 5.72 Å². The molecule has 7 nitrogen and oxygen atoms in total. The molecule has 156 valence electrons. The number of rotatable bonds is 3. The number of nitrogens with zero attached hydrogens (tertiary/aromatic N) is 2. The fourth-order valence-corrected chi connectivity index (χ4v) is 3.51. The minimum absolute atomic E-state index is 0.0931. The van der Waals surface area contributed by atoms with Crippen molar-refractivity contribution in [3.8, 4) is 17.1 Å². The van der Waals surface area contributed by atoms with Crippen LogP contribution in [0.2, 0.25) is 0 Å². The SMILES string of the molecule is COC(=O)C[C@]1(C(F)(F)F)Oc2ccc(C(=O)OC)cc2-c2nc3ccccc3n21. The van der Waals surface area contributed by atoms with Crippen molar-refractivity contribution < 1.29 is 37.0 Å². The first-order chi connectivity index (χ1) is 14.2. The monoisotopic (exact) mass is 420 g/mol. The van der Waals surface area contributed by atoms with Gasteiger partial charge in [0, 0.05) is 0 Å². The zero-order valence-electron chi connectivity index (χ0n) is 15.8. The van der Waals surface area contributed by atoms with Crippen molar-refractivity contribution in [2.24, 2.45) is 0 Å². The summed E-state index contributed by atoms with van der Waals surface area (Å²) < 4.78 is 58.9. The van der Waals surface area contributed by atoms with E-state index in [4.69, 9.17) is 4.74 Å². The van der Waals surface area contributed by atoms with Crippen LogP contribution >= 0.6 is 0 Å². The second-order valence-electron chi connectivity index (χ2n) is 6.60. The minimum atomic E-state index is -5.00. The number of hydrogen-bond acceptors (Lipinski definition) is 6. The molecule has 1 atom stereocenters. The Balaban J connectivity index is 2.07. The third kappa shape index (κ3) is 2.78. The first-order valence-electron chi connectivity index (χ1n) is 8.75. The van der Waals surface area contributed by atoms with Gasteiger partial charge < -0.3 is 14.2 Å². The third-order valence-electron chi connectivity index (χ3n) is 4.90. The van der Waals surface area contributed by atoms with Crippen molar-refractivity contribution in [3.05, 3.63) is 48.0 Å². The summed E-state index contributed by atoms with van der Waals surface area (Å²) in [4.78, 5) is 28.3. The highest BCUT2D eigenvalue weighted by Crippen LogP contribution is 2.51. The van der Waals surface area contributed by atoms with Crippen LogP contribution < -0.4 is 4.74 Å². The Bertz CT molecular complexity index is 1170. The van der Waals surface area contributed by atoms with E-state index in [0.29, 0.717) is 0 Å². The fraction of sp³-hybridized carbons (Fsp3) is 0.250. The predicted molar refractivity (Wildman–Crippen MR) is 97.8 cm³/mol. The van der Waals surface area contributed by atoms with Crippen molar-refractivity contribution in [2.45, 2.75) is 18.3 Å². The van der Waals surface area contributed by atoms with Crippen LogP contribution in [0.4, 0.5) is 13.2 Å². The summed E-state index contributed by atoms with van der Waals surface area (Å²) in [5.74, 6) is -2.04. The van der Waals surface area contributed by atoms with Gasteiger partial charge in [0.15, 0.2) is 0 Å². The van der Waals surface area contributed by atoms with Gasteiger partial charge in [0.1, 0.15) is 18.0 Å². The largest absolute Gasteiger partial charge is 0.469 e. The maximum atomic E-state index is 14.5. The van der Waals surface area contributed by atoms with E-state index in [0.717, 1.165) is 11.7 Å². The highest BCUT2D eigenvalue weighted by molar-refractivity contribution is 5.92. The Morgan fingerprint density at radius 2 is 1.87 bits per heavy atom. The molecule has 0 aliphatic carbocycles. The van der Waals surface area contributed by atoms with Crippen molar-refractivity contribution >= 4 is 23.0 Å². The van der Waals surface area contributed by atoms with Gasteiger partial charge >= 0.3 is 18.1 Å². The van der Waals surface area contributed by atoms with Crippen molar-refractivity contribution in [3.63, 3.8) is 0 Å². The Kier molecular flexibility index (Phi) is 4.44. The summed E-state index contributed by atoms with van der Waals surface area (Å²) in [7, 11) is 2.19. The second kappa shape index (κ2) is 6.75. The summed E-state index contributed by atoms with van der Waals surface area (Å²) >= 11 is 0. The molecule has 0 unspecified atom stereocenters. The lowest BCUT2D eigenvalue weighted by Gasteiger charge is -2.40. The highest BCUT2D eigenvalue weighted by atomic mass is 19.4. The van der Waals surface area contributed by atoms with Crippen LogP contribution in [-0.2, 0) is 20.0 Å². The molecule has 0 bridgehead atoms. The highest BCUT2D eigenvalue weighted by Gasteiger charge is 2.63. The lowest BCUT2D eigenvalue weighted by molar-refractivity contribution is -0.288. The number of methoxy groups -OCH3 is 2. The van der Waals surface area contributed by atoms with Crippen LogP contribution in [0.5, 0.6) is 5.75 Å². The lowest BCUT2D eigenvalue weighted by atomic mass is 10.0. The number of carbonyl (C=O) groups excluding carboxylic acids is 2. The molecule has 3 aromatic rings. The third-order valence-corrected chi connectivity index (χ3v) is 4.90. The zero-order chi connectivity index (χ0) is 21.7. The smallest absolute Gasteiger partial charge is 0.449 e. The van der Waals surface area contributed by atoms with E-state index < -0.39 is 30.3 Å². The van der Waals surface area contributed by atoms with E-state index in [9.17, 15) is 22.8 Å². The number of carbonyl (C=O) groups is 2. The van der Waals surface area contributed by atoms with Gasteiger partial charge in [-0.25, -0.2) is 9.78 Å². The van der Waals surface area contributed by atoms with Crippen molar-refractivity contribution in [2.75, 3.05) is 14.2 Å². The molecular formula is C20H15F3N2O5. The van der Waals surface area contributed by atoms with Crippen molar-refractivity contribution in [1.29, 1.82) is 0 Å². The zero-order valence-corrected chi connectivity index (χ0v) is 15.8. The number of imidazole rings is 1. The second-order valence-corrected chi connectivity index (χ2v) is 6.60. The van der Waals surface area contributed by atoms with Crippen molar-refractivity contribution in [1.82, 2.24) is 9.55 Å². The number of benzene rings is 2. The molecule has 1 aromatic heterocycles. The van der Waals surface area contributed by atoms with E-state index in [1.165, 1.54) is 31.4 Å². The number of aromatic nitrogens is 2. The van der Waals surface area contributed by atoms with E-state index in [1.54, 1.807) is 18.2 Å². The average Bonchev–Trinajstić information content (AvgIpc) is 3.12. The molecule has 30 heavy (non-hydrogen) atoms. The summed E-state index contributed by atoms with van der Waals surface area (Å²) in [6.45, 7) is 0. The normalized spacial score (nSPS) is 17.6. The van der Waals surface area contributed by atoms with Crippen LogP contribution in [-0.4, -0.2) is 41.9 Å². The molecule has 1 aliphatic rings. The first-order valence-corrected chi connectivity index (χ1v) is 8.75. The van der Waals surface area contributed by atoms with Gasteiger partial charge in [0.05, 0.1) is 36.4 Å². The number of para-hydroxylation sites is 2. The predicted octanol–water partition coefficient (Wildman–Crippen LogP) is 3.66. The number of hydrogen-bond donors (Lipinski definition) is 0. The molecule has 2 aromatic carbocycles. The van der Waals surface area contributed by atoms with Crippen LogP contribution in [0.3, 0.4) is 0 Å². The lowest BCUT2D eigenvalue weighted by Crippen LogP contribution is -2.55. The molecule has 0 saturated heterocycles. The van der Waals surface area contributed by atoms with Gasteiger partial charge in [0.2, 0.25) is 0 Å². The van der Waals surface area contributed by atoms with Crippen LogP contribution in [0.25, 0.3) is 22.4 Å². The maximum Gasteiger partial charge on any atom is 0.449 e. The van der Waals surface area contributed by atoms with Gasteiger partial charge in [-0.2, -0.15) is 13.2 Å². The van der Waals surface area contributed by atoms with Gasteiger partial charge in [-0.15, -0.1) is 0 Å². The molecule has 10 heteroatoms. The molecule has 1 aliphatic heterocycles. The Hall–Kier alpha value is -3.56. The van der Waals surface area contributed by atoms with Gasteiger partial charge in [-0.05, 0) is 30.3 Å². The van der Waals surface area contributed by atoms with Crippen LogP contribution in [0.1, 0.15) is 16.8 Å². The molecule has 0 N–H and O–H groups in total. The summed E-state index contributed by atoms with van der Waals surface area (Å²) in [5.41, 5.74) is -2.41. The molecule has 2 heterocycles. The average molecular weight is 420 g/mol. The number of ether oxygens (including phenoxy) is 3. The van der Waals surface area contributed by atoms with Gasteiger partial charge in [-0.1, -0.05) is 12.1 Å². The van der Waals surface area contributed by atoms with Gasteiger partial charge in [-0.3, -0.25) is 9.36 Å². The molecule has 0 spiro atoms. The Labute approximate surface area is 168 Å². The first kappa shape index (κ1) is 19.7. The maximum absolute atomic E-state index is 14.5. The van der Waals surface area contributed by atoms with E-state index in [-0.39, 0.29) is 33.7 Å². The minimum Gasteiger partial charge on any atom is -0.469 e. The van der Waals surface area contributed by atoms with E-state index in [1.807, 2.05) is 0 Å². The summed E-state index contributed by atoms with van der Waals surface area (Å²) in [6, 6.07) is 10.0. The Morgan fingerprint density at radius 1 is 1.13 bits per heavy atom. The van der Waals surface area contributed by atoms with Crippen LogP contribution in [0, 0.1) is 0 Å². The number of alkyl halides is 3. The van der Waals surface area contributed by atoms with E-state index in [2.05, 4.69) is 14.5 Å². The number of fused-ring (bicyclic) bond motifs is 5. The Morgan fingerprint density at radius 3 is 2.53 bits per heavy atom. The molecule has 0 fully saturated rings. The topological polar surface area (TPSA) is 79.7 Å². The quantitative estimate of drug-likeness (QED) is 0.602. The number of halogens is 3. The molecule has 0 amide bonds. The molecule has 4 rings (SSSR count). The molecule has 0 saturated carbocycles. The summed E-state index contributed by atoms with van der Waals surface area (Å²) in [6.07, 6.45) is -6.13. The van der Waals surface area contributed by atoms with E-state index >= 15 is 0 Å². The molecular weight excluding hydrogens is 405 g/mol. The van der Waals surface area contributed by atoms with Crippen LogP contribution in [0.15, 0.2) is 42.5 Å². The summed E-state index contributed by atoms with van der Waals surface area (Å²) in [5, 5.41) is 0. The molecule has 0 radical (unpaired) electrons. The number of esters is 2.